The second-order valence-corrected chi connectivity index (χ2v) is 11.5. The van der Waals surface area contributed by atoms with Gasteiger partial charge in [-0.1, -0.05) is 24.6 Å². The van der Waals surface area contributed by atoms with Crippen molar-refractivity contribution in [3.8, 4) is 0 Å². The quantitative estimate of drug-likeness (QED) is 0.540. The average Bonchev–Trinajstić information content (AvgIpc) is 3.20. The summed E-state index contributed by atoms with van der Waals surface area (Å²) in [7, 11) is 0. The summed E-state index contributed by atoms with van der Waals surface area (Å²) in [5.41, 5.74) is 0.604. The van der Waals surface area contributed by atoms with Gasteiger partial charge in [0.1, 0.15) is 5.60 Å². The first-order valence-electron chi connectivity index (χ1n) is 12.5. The van der Waals surface area contributed by atoms with Gasteiger partial charge in [0.25, 0.3) is 0 Å². The van der Waals surface area contributed by atoms with Gasteiger partial charge in [-0.3, -0.25) is 9.59 Å². The largest absolute Gasteiger partial charge is 0.460 e. The van der Waals surface area contributed by atoms with E-state index in [2.05, 4.69) is 22.4 Å². The molecule has 0 N–H and O–H groups in total. The number of carbonyl (C=O) groups is 2. The smallest absolute Gasteiger partial charge is 0.307 e. The molecular weight excluding hydrogens is 432 g/mol. The van der Waals surface area contributed by atoms with Crippen molar-refractivity contribution < 1.29 is 14.3 Å². The minimum absolute atomic E-state index is 0.105. The SMILES string of the molecule is CC(C)(C)OC(=O)C[C@H](Cc1csc2ccccc12)C(=O)N1CCC(N2CCCCC2)CC1. The van der Waals surface area contributed by atoms with Crippen LogP contribution in [0.1, 0.15) is 64.9 Å². The number of hydrogen-bond acceptors (Lipinski definition) is 5. The van der Waals surface area contributed by atoms with Gasteiger partial charge in [0, 0.05) is 23.8 Å². The zero-order valence-corrected chi connectivity index (χ0v) is 21.2. The van der Waals surface area contributed by atoms with E-state index in [0.717, 1.165) is 31.5 Å². The minimum Gasteiger partial charge on any atom is -0.460 e. The fourth-order valence-electron chi connectivity index (χ4n) is 5.28. The Morgan fingerprint density at radius 1 is 1.06 bits per heavy atom. The second kappa shape index (κ2) is 10.6. The third-order valence-corrected chi connectivity index (χ3v) is 7.91. The van der Waals surface area contributed by atoms with Crippen LogP contribution in [0, 0.1) is 5.92 Å². The molecule has 4 rings (SSSR count). The molecule has 0 radical (unpaired) electrons. The molecule has 2 saturated heterocycles. The van der Waals surface area contributed by atoms with Gasteiger partial charge in [0.05, 0.1) is 12.3 Å². The Morgan fingerprint density at radius 2 is 1.76 bits per heavy atom. The lowest BCUT2D eigenvalue weighted by atomic mass is 9.92. The highest BCUT2D eigenvalue weighted by molar-refractivity contribution is 7.17. The van der Waals surface area contributed by atoms with Crippen molar-refractivity contribution in [1.82, 2.24) is 9.80 Å². The van der Waals surface area contributed by atoms with Crippen LogP contribution in [0.5, 0.6) is 0 Å². The summed E-state index contributed by atoms with van der Waals surface area (Å²) in [5, 5.41) is 3.33. The van der Waals surface area contributed by atoms with Crippen LogP contribution >= 0.6 is 11.3 Å². The molecule has 0 bridgehead atoms. The molecule has 2 aliphatic heterocycles. The summed E-state index contributed by atoms with van der Waals surface area (Å²) in [6, 6.07) is 8.90. The molecule has 2 fully saturated rings. The minimum atomic E-state index is -0.549. The summed E-state index contributed by atoms with van der Waals surface area (Å²) in [6.07, 6.45) is 6.72. The highest BCUT2D eigenvalue weighted by Crippen LogP contribution is 2.30. The molecule has 2 aromatic rings. The molecule has 2 aliphatic rings. The fourth-order valence-corrected chi connectivity index (χ4v) is 6.26. The molecule has 0 spiro atoms. The summed E-state index contributed by atoms with van der Waals surface area (Å²) in [5.74, 6) is -0.568. The number of esters is 1. The van der Waals surface area contributed by atoms with E-state index in [1.807, 2.05) is 37.8 Å². The highest BCUT2D eigenvalue weighted by Gasteiger charge is 2.33. The van der Waals surface area contributed by atoms with Gasteiger partial charge >= 0.3 is 5.97 Å². The van der Waals surface area contributed by atoms with E-state index in [1.165, 1.54) is 42.4 Å². The third-order valence-electron chi connectivity index (χ3n) is 6.89. The fraction of sp³-hybridized carbons (Fsp3) is 0.630. The number of thiophene rings is 1. The van der Waals surface area contributed by atoms with Gasteiger partial charge in [-0.15, -0.1) is 11.3 Å². The number of likely N-dealkylation sites (tertiary alicyclic amines) is 2. The molecule has 0 unspecified atom stereocenters. The molecule has 6 heteroatoms. The number of amides is 1. The number of benzene rings is 1. The Morgan fingerprint density at radius 3 is 2.45 bits per heavy atom. The van der Waals surface area contributed by atoms with Crippen LogP contribution in [-0.2, 0) is 20.7 Å². The predicted octanol–water partition coefficient (Wildman–Crippen LogP) is 5.27. The standard InChI is InChI=1S/C27H38N2O3S/c1-27(2,3)32-25(30)18-20(17-21-19-33-24-10-6-5-9-23(21)24)26(31)29-15-11-22(12-16-29)28-13-7-4-8-14-28/h5-6,9-10,19-20,22H,4,7-8,11-18H2,1-3H3/t20-/m0/s1. The van der Waals surface area contributed by atoms with Crippen LogP contribution in [0.3, 0.4) is 0 Å². The molecule has 3 heterocycles. The summed E-state index contributed by atoms with van der Waals surface area (Å²) >= 11 is 1.70. The third kappa shape index (κ3) is 6.36. The van der Waals surface area contributed by atoms with Gasteiger partial charge in [-0.05, 0) is 88.4 Å². The molecule has 1 amide bonds. The van der Waals surface area contributed by atoms with Crippen molar-refractivity contribution in [3.05, 3.63) is 35.2 Å². The van der Waals surface area contributed by atoms with Crippen LogP contribution in [0.2, 0.25) is 0 Å². The Kier molecular flexibility index (Phi) is 7.75. The molecule has 180 valence electrons. The Hall–Kier alpha value is -1.92. The van der Waals surface area contributed by atoms with Gasteiger partial charge < -0.3 is 14.5 Å². The molecule has 5 nitrogen and oxygen atoms in total. The maximum Gasteiger partial charge on any atom is 0.307 e. The number of hydrogen-bond donors (Lipinski definition) is 0. The molecular formula is C27H38N2O3S. The zero-order chi connectivity index (χ0) is 23.4. The molecule has 1 aromatic carbocycles. The first-order valence-corrected chi connectivity index (χ1v) is 13.4. The number of rotatable bonds is 6. The first kappa shape index (κ1) is 24.2. The normalized spacial score (nSPS) is 19.5. The summed E-state index contributed by atoms with van der Waals surface area (Å²) in [4.78, 5) is 31.0. The van der Waals surface area contributed by atoms with E-state index in [4.69, 9.17) is 4.74 Å². The Balaban J connectivity index is 1.45. The number of fused-ring (bicyclic) bond motifs is 1. The lowest BCUT2D eigenvalue weighted by Crippen LogP contribution is -2.49. The van der Waals surface area contributed by atoms with Crippen molar-refractivity contribution in [2.75, 3.05) is 26.2 Å². The molecule has 0 aliphatic carbocycles. The van der Waals surface area contributed by atoms with Crippen LogP contribution in [0.15, 0.2) is 29.6 Å². The van der Waals surface area contributed by atoms with E-state index in [0.29, 0.717) is 12.5 Å². The van der Waals surface area contributed by atoms with Crippen molar-refractivity contribution in [2.45, 2.75) is 77.4 Å². The van der Waals surface area contributed by atoms with Crippen molar-refractivity contribution >= 4 is 33.3 Å². The van der Waals surface area contributed by atoms with Crippen LogP contribution in [-0.4, -0.2) is 59.5 Å². The van der Waals surface area contributed by atoms with Gasteiger partial charge in [0.15, 0.2) is 0 Å². The van der Waals surface area contributed by atoms with Gasteiger partial charge in [0.2, 0.25) is 5.91 Å². The van der Waals surface area contributed by atoms with Crippen molar-refractivity contribution in [3.63, 3.8) is 0 Å². The molecule has 1 atom stereocenters. The highest BCUT2D eigenvalue weighted by atomic mass is 32.1. The van der Waals surface area contributed by atoms with Crippen LogP contribution < -0.4 is 0 Å². The maximum absolute atomic E-state index is 13.7. The molecule has 33 heavy (non-hydrogen) atoms. The van der Waals surface area contributed by atoms with Crippen LogP contribution in [0.25, 0.3) is 10.1 Å². The number of piperidine rings is 2. The monoisotopic (exact) mass is 470 g/mol. The molecule has 1 aromatic heterocycles. The van der Waals surface area contributed by atoms with E-state index in [9.17, 15) is 9.59 Å². The number of carbonyl (C=O) groups excluding carboxylic acids is 2. The number of ether oxygens (including phenoxy) is 1. The van der Waals surface area contributed by atoms with E-state index in [1.54, 1.807) is 11.3 Å². The van der Waals surface area contributed by atoms with Crippen molar-refractivity contribution in [2.24, 2.45) is 5.92 Å². The predicted molar refractivity (Wildman–Crippen MR) is 135 cm³/mol. The summed E-state index contributed by atoms with van der Waals surface area (Å²) < 4.78 is 6.82. The van der Waals surface area contributed by atoms with Gasteiger partial charge in [-0.2, -0.15) is 0 Å². The Labute approximate surface area is 202 Å². The topological polar surface area (TPSA) is 49.9 Å². The Bertz CT molecular complexity index is 950. The van der Waals surface area contributed by atoms with Crippen molar-refractivity contribution in [1.29, 1.82) is 0 Å². The number of nitrogens with zero attached hydrogens (tertiary/aromatic N) is 2. The molecule has 0 saturated carbocycles. The first-order chi connectivity index (χ1) is 15.8. The van der Waals surface area contributed by atoms with E-state index < -0.39 is 5.60 Å². The van der Waals surface area contributed by atoms with E-state index >= 15 is 0 Å². The summed E-state index contributed by atoms with van der Waals surface area (Å²) in [6.45, 7) is 9.60. The average molecular weight is 471 g/mol. The zero-order valence-electron chi connectivity index (χ0n) is 20.3. The van der Waals surface area contributed by atoms with Gasteiger partial charge in [-0.25, -0.2) is 0 Å². The van der Waals surface area contributed by atoms with Crippen LogP contribution in [0.4, 0.5) is 0 Å². The lowest BCUT2D eigenvalue weighted by Gasteiger charge is -2.41. The lowest BCUT2D eigenvalue weighted by molar-refractivity contribution is -0.158. The maximum atomic E-state index is 13.7. The van der Waals surface area contributed by atoms with E-state index in [-0.39, 0.29) is 24.2 Å². The second-order valence-electron chi connectivity index (χ2n) is 10.6.